The van der Waals surface area contributed by atoms with Crippen molar-refractivity contribution in [1.29, 1.82) is 0 Å². The molecule has 1 fully saturated rings. The molecular formula is C24H26O3. The lowest BCUT2D eigenvalue weighted by Crippen LogP contribution is -2.18. The number of hydrogen-bond donors (Lipinski definition) is 1. The van der Waals surface area contributed by atoms with Crippen molar-refractivity contribution in [2.24, 2.45) is 0 Å². The summed E-state index contributed by atoms with van der Waals surface area (Å²) in [5.74, 6) is -0.370. The summed E-state index contributed by atoms with van der Waals surface area (Å²) in [6.45, 7) is 6.91. The number of ether oxygens (including phenoxy) is 1. The molecule has 2 bridgehead atoms. The molecule has 3 heteroatoms. The normalized spacial score (nSPS) is 26.1. The molecule has 0 aliphatic heterocycles. The van der Waals surface area contributed by atoms with Gasteiger partial charge in [-0.25, -0.2) is 4.79 Å². The Balaban J connectivity index is 1.73. The van der Waals surface area contributed by atoms with Crippen molar-refractivity contribution in [2.45, 2.75) is 50.9 Å². The quantitative estimate of drug-likeness (QED) is 0.713. The van der Waals surface area contributed by atoms with E-state index in [4.69, 9.17) is 4.74 Å². The largest absolute Gasteiger partial charge is 0.496 e. The van der Waals surface area contributed by atoms with E-state index < -0.39 is 5.97 Å². The SMILES string of the molecule is COc1cc(C(=O)O)ccc1/C=C(\C)c1ccc2c(c1)C1(C)CCC2(C)C1. The van der Waals surface area contributed by atoms with E-state index in [2.05, 4.69) is 45.0 Å². The van der Waals surface area contributed by atoms with Crippen molar-refractivity contribution in [1.82, 2.24) is 0 Å². The molecule has 4 rings (SSSR count). The Bertz CT molecular complexity index is 972. The predicted octanol–water partition coefficient (Wildman–Crippen LogP) is 5.67. The summed E-state index contributed by atoms with van der Waals surface area (Å²) in [4.78, 5) is 11.2. The zero-order valence-corrected chi connectivity index (χ0v) is 16.4. The molecule has 0 spiro atoms. The molecule has 1 N–H and O–H groups in total. The number of allylic oxidation sites excluding steroid dienone is 1. The smallest absolute Gasteiger partial charge is 0.335 e. The van der Waals surface area contributed by atoms with Crippen molar-refractivity contribution < 1.29 is 14.6 Å². The van der Waals surface area contributed by atoms with Gasteiger partial charge in [0.1, 0.15) is 5.75 Å². The Hall–Kier alpha value is -2.55. The van der Waals surface area contributed by atoms with Crippen molar-refractivity contribution in [2.75, 3.05) is 7.11 Å². The van der Waals surface area contributed by atoms with Gasteiger partial charge in [-0.3, -0.25) is 0 Å². The molecule has 2 aliphatic rings. The van der Waals surface area contributed by atoms with E-state index in [-0.39, 0.29) is 5.56 Å². The Morgan fingerprint density at radius 2 is 1.70 bits per heavy atom. The van der Waals surface area contributed by atoms with Gasteiger partial charge in [-0.1, -0.05) is 38.1 Å². The number of carboxylic acid groups (broad SMARTS) is 1. The molecular weight excluding hydrogens is 336 g/mol. The van der Waals surface area contributed by atoms with Crippen LogP contribution in [0.25, 0.3) is 11.6 Å². The van der Waals surface area contributed by atoms with E-state index in [1.54, 1.807) is 19.2 Å². The molecule has 3 nitrogen and oxygen atoms in total. The molecule has 140 valence electrons. The second-order valence-electron chi connectivity index (χ2n) is 8.65. The van der Waals surface area contributed by atoms with Crippen molar-refractivity contribution >= 4 is 17.6 Å². The van der Waals surface area contributed by atoms with Gasteiger partial charge < -0.3 is 9.84 Å². The molecule has 2 atom stereocenters. The number of benzene rings is 2. The minimum atomic E-state index is -0.948. The fourth-order valence-corrected chi connectivity index (χ4v) is 5.14. The molecule has 2 aromatic carbocycles. The van der Waals surface area contributed by atoms with E-state index in [0.29, 0.717) is 16.6 Å². The third-order valence-electron chi connectivity index (χ3n) is 6.64. The molecule has 2 aromatic rings. The van der Waals surface area contributed by atoms with Crippen LogP contribution in [0.15, 0.2) is 36.4 Å². The van der Waals surface area contributed by atoms with Crippen LogP contribution in [0.3, 0.4) is 0 Å². The molecule has 0 saturated heterocycles. The number of fused-ring (bicyclic) bond motifs is 5. The summed E-state index contributed by atoms with van der Waals surface area (Å²) >= 11 is 0. The van der Waals surface area contributed by atoms with Crippen LogP contribution in [-0.2, 0) is 10.8 Å². The zero-order chi connectivity index (χ0) is 19.4. The van der Waals surface area contributed by atoms with Crippen LogP contribution in [0.1, 0.15) is 72.6 Å². The summed E-state index contributed by atoms with van der Waals surface area (Å²) < 4.78 is 5.41. The summed E-state index contributed by atoms with van der Waals surface area (Å²) in [5.41, 5.74) is 7.17. The molecule has 0 amide bonds. The predicted molar refractivity (Wildman–Crippen MR) is 108 cm³/mol. The Kier molecular flexibility index (Phi) is 3.95. The van der Waals surface area contributed by atoms with Crippen LogP contribution in [0.5, 0.6) is 5.75 Å². The second-order valence-corrected chi connectivity index (χ2v) is 8.65. The first-order chi connectivity index (χ1) is 12.8. The fourth-order valence-electron chi connectivity index (χ4n) is 5.14. The number of hydrogen-bond acceptors (Lipinski definition) is 2. The van der Waals surface area contributed by atoms with E-state index in [1.807, 2.05) is 6.07 Å². The highest BCUT2D eigenvalue weighted by atomic mass is 16.5. The topological polar surface area (TPSA) is 46.5 Å². The van der Waals surface area contributed by atoms with Gasteiger partial charge in [-0.05, 0) is 77.5 Å². The highest BCUT2D eigenvalue weighted by molar-refractivity contribution is 5.90. The number of carboxylic acids is 1. The number of rotatable bonds is 4. The summed E-state index contributed by atoms with van der Waals surface area (Å²) in [6, 6.07) is 11.9. The monoisotopic (exact) mass is 362 g/mol. The number of methoxy groups -OCH3 is 1. The third-order valence-corrected chi connectivity index (χ3v) is 6.64. The van der Waals surface area contributed by atoms with Crippen LogP contribution < -0.4 is 4.74 Å². The first kappa shape index (κ1) is 17.8. The van der Waals surface area contributed by atoms with Crippen LogP contribution in [-0.4, -0.2) is 18.2 Å². The van der Waals surface area contributed by atoms with E-state index >= 15 is 0 Å². The average molecular weight is 362 g/mol. The standard InChI is InChI=1S/C24H26O3/c1-15(11-17-5-6-18(22(25)26)13-21(17)27-4)16-7-8-19-20(12-16)24(3)10-9-23(19,2)14-24/h5-8,11-13H,9-10,14H2,1-4H3,(H,25,26)/b15-11+. The first-order valence-electron chi connectivity index (χ1n) is 9.51. The lowest BCUT2D eigenvalue weighted by Gasteiger charge is -2.27. The van der Waals surface area contributed by atoms with Crippen LogP contribution in [0.4, 0.5) is 0 Å². The van der Waals surface area contributed by atoms with E-state index in [1.165, 1.54) is 36.0 Å². The maximum atomic E-state index is 11.2. The lowest BCUT2D eigenvalue weighted by molar-refractivity contribution is 0.0696. The first-order valence-corrected chi connectivity index (χ1v) is 9.51. The van der Waals surface area contributed by atoms with Crippen molar-refractivity contribution in [3.8, 4) is 5.75 Å². The molecule has 1 saturated carbocycles. The van der Waals surface area contributed by atoms with Gasteiger partial charge in [-0.15, -0.1) is 0 Å². The average Bonchev–Trinajstić information content (AvgIpc) is 3.09. The minimum Gasteiger partial charge on any atom is -0.496 e. The number of carbonyl (C=O) groups is 1. The van der Waals surface area contributed by atoms with Gasteiger partial charge in [0.15, 0.2) is 0 Å². The molecule has 0 aromatic heterocycles. The summed E-state index contributed by atoms with van der Waals surface area (Å²) in [6.07, 6.45) is 5.89. The van der Waals surface area contributed by atoms with E-state index in [0.717, 1.165) is 11.1 Å². The maximum Gasteiger partial charge on any atom is 0.335 e. The highest BCUT2D eigenvalue weighted by Crippen LogP contribution is 2.60. The fraction of sp³-hybridized carbons (Fsp3) is 0.375. The van der Waals surface area contributed by atoms with Crippen LogP contribution in [0.2, 0.25) is 0 Å². The van der Waals surface area contributed by atoms with Crippen molar-refractivity contribution in [3.05, 3.63) is 64.2 Å². The maximum absolute atomic E-state index is 11.2. The second kappa shape index (κ2) is 5.98. The molecule has 0 heterocycles. The molecule has 2 aliphatic carbocycles. The number of aromatic carboxylic acids is 1. The van der Waals surface area contributed by atoms with Gasteiger partial charge in [0.05, 0.1) is 12.7 Å². The van der Waals surface area contributed by atoms with Gasteiger partial charge >= 0.3 is 5.97 Å². The summed E-state index contributed by atoms with van der Waals surface area (Å²) in [7, 11) is 1.57. The molecule has 27 heavy (non-hydrogen) atoms. The summed E-state index contributed by atoms with van der Waals surface area (Å²) in [5, 5.41) is 9.17. The third kappa shape index (κ3) is 2.77. The van der Waals surface area contributed by atoms with Crippen LogP contribution in [0, 0.1) is 0 Å². The van der Waals surface area contributed by atoms with Crippen molar-refractivity contribution in [3.63, 3.8) is 0 Å². The minimum absolute atomic E-state index is 0.233. The van der Waals surface area contributed by atoms with Gasteiger partial charge in [-0.2, -0.15) is 0 Å². The Morgan fingerprint density at radius 1 is 1.04 bits per heavy atom. The molecule has 0 radical (unpaired) electrons. The van der Waals surface area contributed by atoms with E-state index in [9.17, 15) is 9.90 Å². The zero-order valence-electron chi connectivity index (χ0n) is 16.4. The molecule has 2 unspecified atom stereocenters. The Labute approximate surface area is 160 Å². The van der Waals surface area contributed by atoms with Gasteiger partial charge in [0.2, 0.25) is 0 Å². The van der Waals surface area contributed by atoms with Gasteiger partial charge in [0.25, 0.3) is 0 Å². The highest BCUT2D eigenvalue weighted by Gasteiger charge is 2.52. The lowest BCUT2D eigenvalue weighted by atomic mass is 9.77. The van der Waals surface area contributed by atoms with Crippen LogP contribution >= 0.6 is 0 Å². The Morgan fingerprint density at radius 3 is 2.37 bits per heavy atom. The van der Waals surface area contributed by atoms with Gasteiger partial charge in [0, 0.05) is 5.56 Å².